The molecule has 0 spiro atoms. The van der Waals surface area contributed by atoms with Gasteiger partial charge in [-0.05, 0) is 36.4 Å². The fraction of sp³-hybridized carbons (Fsp3) is 0.161. The lowest BCUT2D eigenvalue weighted by atomic mass is 10.2. The lowest BCUT2D eigenvalue weighted by molar-refractivity contribution is -0.0606. The molecule has 1 saturated heterocycles. The van der Waals surface area contributed by atoms with Crippen molar-refractivity contribution in [3.63, 3.8) is 0 Å². The van der Waals surface area contributed by atoms with E-state index in [1.807, 2.05) is 0 Å². The summed E-state index contributed by atoms with van der Waals surface area (Å²) in [4.78, 5) is 72.6. The molecule has 4 atom stereocenters. The molecule has 1 aliphatic heterocycles. The SMILES string of the molecule is O=C(O[13CH2][13C@@H]1O[13C@H](n2cnc3c(=O)[nH]c(=O)[nH]c32)[13C@@H](OC(=O)c2ccccc2)[13C@H]1OC(=O)c1ccccc1)c1ccccc1. The standard InChI is InChI=1S/C31H24N4O9/c36-26-22-25(33-31(40)34-26)35(17-32-22)27-24(44-30(39)20-14-8-3-9-15-20)23(43-29(38)19-12-6-2-7-13-19)21(42-27)16-41-28(37)18-10-4-1-5-11-18/h1-15,17,21,23-24,27H,16H2,(H2,33,34,36,40)/t21-,23-,24-,27-/m0/s1/i16+1,21+1,23+1,24+1,27+1. The van der Waals surface area contributed by atoms with Gasteiger partial charge >= 0.3 is 23.6 Å². The van der Waals surface area contributed by atoms with E-state index in [-0.39, 0.29) is 27.9 Å². The summed E-state index contributed by atoms with van der Waals surface area (Å²) in [5, 5.41) is 0. The van der Waals surface area contributed by atoms with Crippen molar-refractivity contribution < 1.29 is 33.3 Å². The number of esters is 3. The molecule has 0 radical (unpaired) electrons. The number of nitrogens with one attached hydrogen (secondary N) is 2. The van der Waals surface area contributed by atoms with Gasteiger partial charge in [0.25, 0.3) is 5.56 Å². The first-order chi connectivity index (χ1) is 21.4. The van der Waals surface area contributed by atoms with Crippen molar-refractivity contribution in [1.29, 1.82) is 0 Å². The molecule has 1 fully saturated rings. The monoisotopic (exact) mass is 601 g/mol. The number of imidazole rings is 1. The van der Waals surface area contributed by atoms with E-state index < -0.39 is 60.3 Å². The fourth-order valence-corrected chi connectivity index (χ4v) is 4.83. The molecule has 3 aromatic carbocycles. The van der Waals surface area contributed by atoms with Crippen molar-refractivity contribution in [3.05, 3.63) is 135 Å². The second kappa shape index (κ2) is 12.2. The lowest BCUT2D eigenvalue weighted by Crippen LogP contribution is -2.41. The molecular weight excluding hydrogens is 577 g/mol. The van der Waals surface area contributed by atoms with E-state index in [1.165, 1.54) is 10.9 Å². The van der Waals surface area contributed by atoms with E-state index in [1.54, 1.807) is 91.0 Å². The Kier molecular flexibility index (Phi) is 7.84. The highest BCUT2D eigenvalue weighted by atomic mass is 16.8. The quantitative estimate of drug-likeness (QED) is 0.153. The molecule has 222 valence electrons. The van der Waals surface area contributed by atoms with Crippen LogP contribution < -0.4 is 11.2 Å². The summed E-state index contributed by atoms with van der Waals surface area (Å²) >= 11 is 0. The van der Waals surface area contributed by atoms with E-state index >= 15 is 0 Å². The lowest BCUT2D eigenvalue weighted by Gasteiger charge is -2.25. The molecule has 0 amide bonds. The first kappa shape index (κ1) is 28.3. The Labute approximate surface area is 248 Å². The van der Waals surface area contributed by atoms with Gasteiger partial charge in [-0.2, -0.15) is 0 Å². The Morgan fingerprint density at radius 1 is 0.727 bits per heavy atom. The van der Waals surface area contributed by atoms with Gasteiger partial charge in [0, 0.05) is 0 Å². The average molecular weight is 602 g/mol. The summed E-state index contributed by atoms with van der Waals surface area (Å²) in [5.74, 6) is -2.17. The molecule has 5 aromatic rings. The second-order valence-electron chi connectivity index (χ2n) is 9.76. The Morgan fingerprint density at radius 2 is 1.25 bits per heavy atom. The van der Waals surface area contributed by atoms with E-state index in [0.29, 0.717) is 0 Å². The van der Waals surface area contributed by atoms with E-state index in [2.05, 4.69) is 15.0 Å². The second-order valence-corrected chi connectivity index (χ2v) is 9.76. The normalized spacial score (nSPS) is 19.4. The van der Waals surface area contributed by atoms with Gasteiger partial charge < -0.3 is 18.9 Å². The summed E-state index contributed by atoms with van der Waals surface area (Å²) < 4.78 is 24.8. The van der Waals surface area contributed by atoms with Crippen molar-refractivity contribution in [2.45, 2.75) is 24.5 Å². The van der Waals surface area contributed by atoms with Gasteiger partial charge in [-0.15, -0.1) is 0 Å². The van der Waals surface area contributed by atoms with E-state index in [0.717, 1.165) is 0 Å². The van der Waals surface area contributed by atoms with Crippen molar-refractivity contribution >= 4 is 29.1 Å². The van der Waals surface area contributed by atoms with Crippen LogP contribution in [-0.2, 0) is 18.9 Å². The van der Waals surface area contributed by atoms with Gasteiger partial charge in [-0.3, -0.25) is 19.3 Å². The van der Waals surface area contributed by atoms with Crippen LogP contribution in [0.15, 0.2) is 107 Å². The minimum absolute atomic E-state index is 0.0282. The Balaban J connectivity index is 1.39. The molecule has 2 N–H and O–H groups in total. The Hall–Kier alpha value is -5.82. The summed E-state index contributed by atoms with van der Waals surface area (Å²) in [6.45, 7) is -0.403. The van der Waals surface area contributed by atoms with Crippen molar-refractivity contribution in [3.8, 4) is 0 Å². The molecule has 2 aromatic heterocycles. The number of carbonyl (C=O) groups is 3. The first-order valence-corrected chi connectivity index (χ1v) is 13.5. The maximum Gasteiger partial charge on any atom is 0.338 e. The van der Waals surface area contributed by atoms with Crippen LogP contribution in [0.3, 0.4) is 0 Å². The number of nitrogens with zero attached hydrogens (tertiary/aromatic N) is 2. The molecule has 0 saturated carbocycles. The largest absolute Gasteiger partial charge is 0.459 e. The molecule has 44 heavy (non-hydrogen) atoms. The molecule has 0 aliphatic carbocycles. The van der Waals surface area contributed by atoms with Crippen LogP contribution in [0.2, 0.25) is 0 Å². The third-order valence-electron chi connectivity index (χ3n) is 6.92. The molecule has 6 rings (SSSR count). The first-order valence-electron chi connectivity index (χ1n) is 13.5. The minimum atomic E-state index is -1.35. The average Bonchev–Trinajstić information content (AvgIpc) is 3.62. The number of rotatable bonds is 8. The smallest absolute Gasteiger partial charge is 0.338 e. The highest BCUT2D eigenvalue weighted by Gasteiger charge is 2.51. The summed E-state index contributed by atoms with van der Waals surface area (Å²) in [7, 11) is 0. The molecule has 0 bridgehead atoms. The molecule has 13 heteroatoms. The molecule has 0 unspecified atom stereocenters. The van der Waals surface area contributed by atoms with Crippen LogP contribution in [0.1, 0.15) is 37.3 Å². The maximum absolute atomic E-state index is 13.3. The van der Waals surface area contributed by atoms with Crippen molar-refractivity contribution in [2.75, 3.05) is 6.61 Å². The Morgan fingerprint density at radius 3 is 1.82 bits per heavy atom. The zero-order valence-corrected chi connectivity index (χ0v) is 22.8. The van der Waals surface area contributed by atoms with Gasteiger partial charge in [0.15, 0.2) is 24.0 Å². The highest BCUT2D eigenvalue weighted by molar-refractivity contribution is 5.91. The molecule has 1 aliphatic rings. The van der Waals surface area contributed by atoms with E-state index in [4.69, 9.17) is 18.9 Å². The summed E-state index contributed by atoms with van der Waals surface area (Å²) in [6, 6.07) is 24.5. The predicted octanol–water partition coefficient (Wildman–Crippen LogP) is 2.62. The Bertz CT molecular complexity index is 1920. The van der Waals surface area contributed by atoms with Crippen LogP contribution in [0, 0.1) is 0 Å². The van der Waals surface area contributed by atoms with Gasteiger partial charge in [-0.25, -0.2) is 24.2 Å². The minimum Gasteiger partial charge on any atom is -0.459 e. The van der Waals surface area contributed by atoms with E-state index in [9.17, 15) is 24.0 Å². The number of hydrogen-bond acceptors (Lipinski definition) is 10. The third-order valence-corrected chi connectivity index (χ3v) is 6.92. The summed E-state index contributed by atoms with van der Waals surface area (Å²) in [5.41, 5.74) is -0.993. The highest BCUT2D eigenvalue weighted by Crippen LogP contribution is 2.36. The zero-order valence-electron chi connectivity index (χ0n) is 22.8. The molecular formula is C31H24N4O9. The fourth-order valence-electron chi connectivity index (χ4n) is 4.83. The number of ether oxygens (including phenoxy) is 4. The van der Waals surface area contributed by atoms with Crippen LogP contribution in [-0.4, -0.2) is 62.3 Å². The van der Waals surface area contributed by atoms with Crippen LogP contribution in [0.25, 0.3) is 11.2 Å². The predicted molar refractivity (Wildman–Crippen MR) is 153 cm³/mol. The van der Waals surface area contributed by atoms with Crippen molar-refractivity contribution in [1.82, 2.24) is 19.5 Å². The summed E-state index contributed by atoms with van der Waals surface area (Å²) in [6.07, 6.45) is -3.87. The van der Waals surface area contributed by atoms with Gasteiger partial charge in [0.05, 0.1) is 23.0 Å². The number of benzene rings is 3. The molecule has 3 heterocycles. The number of aromatic amines is 2. The van der Waals surface area contributed by atoms with Crippen molar-refractivity contribution in [2.24, 2.45) is 0 Å². The number of carbonyl (C=O) groups excluding carboxylic acids is 3. The number of fused-ring (bicyclic) bond motifs is 1. The number of H-pyrrole nitrogens is 2. The van der Waals surface area contributed by atoms with Crippen LogP contribution in [0.4, 0.5) is 0 Å². The zero-order chi connectivity index (χ0) is 30.6. The molecule has 13 nitrogen and oxygen atoms in total. The van der Waals surface area contributed by atoms with Gasteiger partial charge in [0.2, 0.25) is 0 Å². The van der Waals surface area contributed by atoms with Gasteiger partial charge in [-0.1, -0.05) is 54.6 Å². The van der Waals surface area contributed by atoms with Gasteiger partial charge in [0.1, 0.15) is 18.4 Å². The van der Waals surface area contributed by atoms with Crippen LogP contribution in [0.5, 0.6) is 0 Å². The number of hydrogen-bond donors (Lipinski definition) is 2. The maximum atomic E-state index is 13.3. The number of aromatic nitrogens is 4. The topological polar surface area (TPSA) is 172 Å². The third kappa shape index (κ3) is 5.76. The van der Waals surface area contributed by atoms with Crippen LogP contribution >= 0.6 is 0 Å².